The summed E-state index contributed by atoms with van der Waals surface area (Å²) < 4.78 is 26.6. The summed E-state index contributed by atoms with van der Waals surface area (Å²) in [7, 11) is 1.51. The SMILES string of the molecule is CCOc1cc(C(=O)OCC(=O)Nc2ccc3c(c2)OCCO3)ccc1OC. The van der Waals surface area contributed by atoms with Crippen molar-refractivity contribution < 1.29 is 33.3 Å². The molecule has 0 saturated heterocycles. The fourth-order valence-electron chi connectivity index (χ4n) is 2.60. The Kier molecular flexibility index (Phi) is 6.21. The molecule has 1 N–H and O–H groups in total. The van der Waals surface area contributed by atoms with Crippen molar-refractivity contribution >= 4 is 17.6 Å². The van der Waals surface area contributed by atoms with Crippen molar-refractivity contribution in [1.82, 2.24) is 0 Å². The van der Waals surface area contributed by atoms with E-state index in [-0.39, 0.29) is 5.56 Å². The van der Waals surface area contributed by atoms with Crippen molar-refractivity contribution in [3.8, 4) is 23.0 Å². The normalized spacial score (nSPS) is 12.1. The van der Waals surface area contributed by atoms with Crippen LogP contribution in [0.2, 0.25) is 0 Å². The highest BCUT2D eigenvalue weighted by atomic mass is 16.6. The van der Waals surface area contributed by atoms with Crippen LogP contribution in [0.5, 0.6) is 23.0 Å². The van der Waals surface area contributed by atoms with Crippen LogP contribution in [0, 0.1) is 0 Å². The molecule has 0 radical (unpaired) electrons. The lowest BCUT2D eigenvalue weighted by molar-refractivity contribution is -0.119. The van der Waals surface area contributed by atoms with Crippen molar-refractivity contribution in [2.75, 3.05) is 38.9 Å². The van der Waals surface area contributed by atoms with E-state index in [9.17, 15) is 9.59 Å². The molecule has 0 spiro atoms. The number of benzene rings is 2. The molecule has 0 aromatic heterocycles. The molecule has 2 aromatic carbocycles. The van der Waals surface area contributed by atoms with Crippen molar-refractivity contribution in [3.63, 3.8) is 0 Å². The Morgan fingerprint density at radius 1 is 1.04 bits per heavy atom. The average molecular weight is 387 g/mol. The summed E-state index contributed by atoms with van der Waals surface area (Å²) in [4.78, 5) is 24.3. The molecular formula is C20H21NO7. The predicted molar refractivity (Wildman–Crippen MR) is 101 cm³/mol. The molecule has 1 aliphatic rings. The van der Waals surface area contributed by atoms with E-state index in [1.807, 2.05) is 6.92 Å². The summed E-state index contributed by atoms with van der Waals surface area (Å²) in [5.74, 6) is 1.02. The number of amides is 1. The first kappa shape index (κ1) is 19.3. The molecule has 0 atom stereocenters. The van der Waals surface area contributed by atoms with Gasteiger partial charge in [-0.3, -0.25) is 4.79 Å². The highest BCUT2D eigenvalue weighted by molar-refractivity contribution is 5.96. The third-order valence-electron chi connectivity index (χ3n) is 3.86. The summed E-state index contributed by atoms with van der Waals surface area (Å²) >= 11 is 0. The summed E-state index contributed by atoms with van der Waals surface area (Å²) in [6.45, 7) is 2.77. The molecule has 2 aromatic rings. The molecule has 0 saturated carbocycles. The van der Waals surface area contributed by atoms with Crippen LogP contribution in [0.4, 0.5) is 5.69 Å². The van der Waals surface area contributed by atoms with Gasteiger partial charge in [0.25, 0.3) is 5.91 Å². The van der Waals surface area contributed by atoms with Gasteiger partial charge in [-0.25, -0.2) is 4.79 Å². The first-order chi connectivity index (χ1) is 13.6. The van der Waals surface area contributed by atoms with E-state index >= 15 is 0 Å². The number of hydrogen-bond donors (Lipinski definition) is 1. The molecule has 1 amide bonds. The average Bonchev–Trinajstić information content (AvgIpc) is 2.72. The summed E-state index contributed by atoms with van der Waals surface area (Å²) in [5, 5.41) is 2.65. The van der Waals surface area contributed by atoms with Crippen molar-refractivity contribution in [2.45, 2.75) is 6.92 Å². The maximum Gasteiger partial charge on any atom is 0.338 e. The van der Waals surface area contributed by atoms with Gasteiger partial charge >= 0.3 is 5.97 Å². The van der Waals surface area contributed by atoms with E-state index in [0.717, 1.165) is 0 Å². The van der Waals surface area contributed by atoms with Gasteiger partial charge in [-0.2, -0.15) is 0 Å². The molecule has 3 rings (SSSR count). The second kappa shape index (κ2) is 8.98. The van der Waals surface area contributed by atoms with Crippen LogP contribution in [-0.4, -0.2) is 45.4 Å². The van der Waals surface area contributed by atoms with E-state index in [0.29, 0.717) is 48.5 Å². The largest absolute Gasteiger partial charge is 0.493 e. The van der Waals surface area contributed by atoms with Crippen LogP contribution in [0.1, 0.15) is 17.3 Å². The van der Waals surface area contributed by atoms with E-state index in [1.165, 1.54) is 13.2 Å². The highest BCUT2D eigenvalue weighted by Gasteiger charge is 2.16. The number of fused-ring (bicyclic) bond motifs is 1. The fourth-order valence-corrected chi connectivity index (χ4v) is 2.60. The van der Waals surface area contributed by atoms with Gasteiger partial charge in [0.1, 0.15) is 13.2 Å². The Balaban J connectivity index is 1.57. The minimum absolute atomic E-state index is 0.261. The van der Waals surface area contributed by atoms with Crippen LogP contribution in [0.3, 0.4) is 0 Å². The number of carbonyl (C=O) groups is 2. The Hall–Kier alpha value is -3.42. The lowest BCUT2D eigenvalue weighted by Crippen LogP contribution is -2.21. The van der Waals surface area contributed by atoms with Gasteiger partial charge in [0.2, 0.25) is 0 Å². The van der Waals surface area contributed by atoms with E-state index in [1.54, 1.807) is 30.3 Å². The standard InChI is InChI=1S/C20H21NO7/c1-3-25-17-10-13(4-6-15(17)24-2)20(23)28-12-19(22)21-14-5-7-16-18(11-14)27-9-8-26-16/h4-7,10-11H,3,8-9,12H2,1-2H3,(H,21,22). The first-order valence-electron chi connectivity index (χ1n) is 8.78. The topological polar surface area (TPSA) is 92.3 Å². The van der Waals surface area contributed by atoms with Gasteiger partial charge in [-0.05, 0) is 37.3 Å². The van der Waals surface area contributed by atoms with Crippen LogP contribution >= 0.6 is 0 Å². The molecule has 0 fully saturated rings. The molecule has 1 aliphatic heterocycles. The molecule has 28 heavy (non-hydrogen) atoms. The monoisotopic (exact) mass is 387 g/mol. The van der Waals surface area contributed by atoms with Crippen molar-refractivity contribution in [2.24, 2.45) is 0 Å². The third kappa shape index (κ3) is 4.64. The minimum atomic E-state index is -0.638. The van der Waals surface area contributed by atoms with E-state index in [4.69, 9.17) is 23.7 Å². The fraction of sp³-hybridized carbons (Fsp3) is 0.300. The van der Waals surface area contributed by atoms with Crippen LogP contribution < -0.4 is 24.3 Å². The zero-order valence-corrected chi connectivity index (χ0v) is 15.7. The number of anilines is 1. The number of carbonyl (C=O) groups excluding carboxylic acids is 2. The van der Waals surface area contributed by atoms with Gasteiger partial charge in [0, 0.05) is 11.8 Å². The molecule has 8 heteroatoms. The zero-order chi connectivity index (χ0) is 19.9. The predicted octanol–water partition coefficient (Wildman–Crippen LogP) is 2.66. The quantitative estimate of drug-likeness (QED) is 0.730. The number of hydrogen-bond acceptors (Lipinski definition) is 7. The molecular weight excluding hydrogens is 366 g/mol. The van der Waals surface area contributed by atoms with Crippen molar-refractivity contribution in [1.29, 1.82) is 0 Å². The van der Waals surface area contributed by atoms with Gasteiger partial charge in [-0.15, -0.1) is 0 Å². The number of ether oxygens (including phenoxy) is 5. The molecule has 0 unspecified atom stereocenters. The van der Waals surface area contributed by atoms with E-state index in [2.05, 4.69) is 5.32 Å². The van der Waals surface area contributed by atoms with Crippen LogP contribution in [0.15, 0.2) is 36.4 Å². The smallest absolute Gasteiger partial charge is 0.338 e. The summed E-state index contributed by atoms with van der Waals surface area (Å²) in [6.07, 6.45) is 0. The first-order valence-corrected chi connectivity index (χ1v) is 8.78. The third-order valence-corrected chi connectivity index (χ3v) is 3.86. The number of nitrogens with one attached hydrogen (secondary N) is 1. The van der Waals surface area contributed by atoms with Crippen molar-refractivity contribution in [3.05, 3.63) is 42.0 Å². The minimum Gasteiger partial charge on any atom is -0.493 e. The number of methoxy groups -OCH3 is 1. The van der Waals surface area contributed by atoms with Gasteiger partial charge in [0.05, 0.1) is 19.3 Å². The van der Waals surface area contributed by atoms with E-state index < -0.39 is 18.5 Å². The molecule has 1 heterocycles. The van der Waals surface area contributed by atoms with Gasteiger partial charge in [0.15, 0.2) is 29.6 Å². The van der Waals surface area contributed by atoms with Crippen LogP contribution in [0.25, 0.3) is 0 Å². The maximum atomic E-state index is 12.2. The summed E-state index contributed by atoms with van der Waals surface area (Å²) in [6, 6.07) is 9.72. The van der Waals surface area contributed by atoms with Crippen LogP contribution in [-0.2, 0) is 9.53 Å². The zero-order valence-electron chi connectivity index (χ0n) is 15.7. The lowest BCUT2D eigenvalue weighted by atomic mass is 10.2. The Morgan fingerprint density at radius 3 is 2.57 bits per heavy atom. The number of rotatable bonds is 7. The lowest BCUT2D eigenvalue weighted by Gasteiger charge is -2.19. The summed E-state index contributed by atoms with van der Waals surface area (Å²) in [5.41, 5.74) is 0.782. The Bertz CT molecular complexity index is 866. The molecule has 0 aliphatic carbocycles. The maximum absolute atomic E-state index is 12.2. The Labute approximate surface area is 162 Å². The molecule has 0 bridgehead atoms. The Morgan fingerprint density at radius 2 is 1.82 bits per heavy atom. The highest BCUT2D eigenvalue weighted by Crippen LogP contribution is 2.32. The molecule has 148 valence electrons. The molecule has 8 nitrogen and oxygen atoms in total. The second-order valence-electron chi connectivity index (χ2n) is 5.78. The van der Waals surface area contributed by atoms with Gasteiger partial charge < -0.3 is 29.0 Å². The number of esters is 1. The second-order valence-corrected chi connectivity index (χ2v) is 5.78. The van der Waals surface area contributed by atoms with Gasteiger partial charge in [-0.1, -0.05) is 0 Å².